The fraction of sp³-hybridized carbons (Fsp3) is 0.421. The molecule has 1 aliphatic carbocycles. The van der Waals surface area contributed by atoms with Crippen molar-refractivity contribution in [2.75, 3.05) is 23.8 Å². The van der Waals surface area contributed by atoms with Crippen molar-refractivity contribution >= 4 is 44.9 Å². The number of aliphatic hydroxyl groups is 1. The lowest BCUT2D eigenvalue weighted by Crippen LogP contribution is -2.23. The van der Waals surface area contributed by atoms with Gasteiger partial charge in [-0.25, -0.2) is 9.97 Å². The first-order chi connectivity index (χ1) is 14.3. The number of hydrogen-bond donors (Lipinski definition) is 3. The van der Waals surface area contributed by atoms with E-state index in [1.54, 1.807) is 0 Å². The summed E-state index contributed by atoms with van der Waals surface area (Å²) in [6, 6.07) is 7.61. The number of thiazole rings is 1. The first-order valence-electron chi connectivity index (χ1n) is 9.44. The number of fused-ring (bicyclic) bond motifs is 1. The summed E-state index contributed by atoms with van der Waals surface area (Å²) >= 11 is 7.81. The van der Waals surface area contributed by atoms with E-state index >= 15 is 0 Å². The lowest BCUT2D eigenvalue weighted by molar-refractivity contribution is -0.115. The van der Waals surface area contributed by atoms with Crippen molar-refractivity contribution in [1.82, 2.24) is 15.0 Å². The molecular formula is C19H19ClF3N5OS. The molecule has 0 radical (unpaired) electrons. The van der Waals surface area contributed by atoms with Gasteiger partial charge in [0, 0.05) is 12.6 Å². The average Bonchev–Trinajstić information content (AvgIpc) is 3.32. The Morgan fingerprint density at radius 1 is 1.17 bits per heavy atom. The maximum atomic E-state index is 12.6. The zero-order valence-electron chi connectivity index (χ0n) is 15.7. The van der Waals surface area contributed by atoms with E-state index in [9.17, 15) is 18.3 Å². The maximum absolute atomic E-state index is 12.6. The van der Waals surface area contributed by atoms with Gasteiger partial charge in [-0.1, -0.05) is 23.7 Å². The summed E-state index contributed by atoms with van der Waals surface area (Å²) in [6.45, 7) is -1.16. The molecule has 1 saturated carbocycles. The smallest absolute Gasteiger partial charge is 0.396 e. The molecule has 2 atom stereocenters. The summed E-state index contributed by atoms with van der Waals surface area (Å²) in [7, 11) is 0. The van der Waals surface area contributed by atoms with Crippen LogP contribution in [0.4, 0.5) is 24.9 Å². The van der Waals surface area contributed by atoms with Gasteiger partial charge in [0.1, 0.15) is 22.5 Å². The highest BCUT2D eigenvalue weighted by Gasteiger charge is 2.29. The van der Waals surface area contributed by atoms with Crippen LogP contribution in [0.5, 0.6) is 0 Å². The second kappa shape index (κ2) is 8.52. The molecule has 0 saturated heterocycles. The minimum Gasteiger partial charge on any atom is -0.396 e. The number of nitrogens with one attached hydrogen (secondary N) is 2. The van der Waals surface area contributed by atoms with Crippen molar-refractivity contribution in [1.29, 1.82) is 0 Å². The van der Waals surface area contributed by atoms with Gasteiger partial charge < -0.3 is 15.7 Å². The molecule has 2 heterocycles. The van der Waals surface area contributed by atoms with E-state index in [4.69, 9.17) is 11.6 Å². The molecule has 3 N–H and O–H groups in total. The van der Waals surface area contributed by atoms with E-state index in [0.29, 0.717) is 16.4 Å². The summed E-state index contributed by atoms with van der Waals surface area (Å²) in [5, 5.41) is 15.5. The highest BCUT2D eigenvalue weighted by molar-refractivity contribution is 7.21. The van der Waals surface area contributed by atoms with E-state index in [0.717, 1.165) is 29.5 Å². The van der Waals surface area contributed by atoms with Crippen LogP contribution in [-0.4, -0.2) is 45.4 Å². The fourth-order valence-corrected chi connectivity index (χ4v) is 4.86. The molecule has 6 nitrogen and oxygen atoms in total. The van der Waals surface area contributed by atoms with Gasteiger partial charge in [0.05, 0.1) is 15.8 Å². The van der Waals surface area contributed by atoms with Crippen LogP contribution in [0.1, 0.15) is 19.3 Å². The van der Waals surface area contributed by atoms with Gasteiger partial charge in [0.15, 0.2) is 0 Å². The summed E-state index contributed by atoms with van der Waals surface area (Å²) in [5.74, 6) is 0.317. The molecule has 2 aromatic heterocycles. The molecule has 4 rings (SSSR count). The number of benzene rings is 1. The predicted molar refractivity (Wildman–Crippen MR) is 112 cm³/mol. The van der Waals surface area contributed by atoms with E-state index < -0.39 is 12.7 Å². The van der Waals surface area contributed by atoms with Gasteiger partial charge in [-0.05, 0) is 37.3 Å². The van der Waals surface area contributed by atoms with E-state index in [2.05, 4.69) is 25.6 Å². The monoisotopic (exact) mass is 457 g/mol. The van der Waals surface area contributed by atoms with Gasteiger partial charge in [-0.15, -0.1) is 11.3 Å². The van der Waals surface area contributed by atoms with Gasteiger partial charge in [0.2, 0.25) is 5.95 Å². The third kappa shape index (κ3) is 4.76. The maximum Gasteiger partial charge on any atom is 0.405 e. The molecule has 11 heteroatoms. The Labute approximate surface area is 179 Å². The first kappa shape index (κ1) is 21.1. The third-order valence-corrected chi connectivity index (χ3v) is 6.29. The zero-order chi connectivity index (χ0) is 21.3. The quantitative estimate of drug-likeness (QED) is 0.454. The molecule has 0 amide bonds. The van der Waals surface area contributed by atoms with Crippen molar-refractivity contribution in [2.45, 2.75) is 31.5 Å². The highest BCUT2D eigenvalue weighted by atomic mass is 35.5. The van der Waals surface area contributed by atoms with Crippen LogP contribution < -0.4 is 10.6 Å². The number of aromatic nitrogens is 3. The molecule has 1 aromatic carbocycles. The molecule has 3 aromatic rings. The second-order valence-electron chi connectivity index (χ2n) is 7.22. The van der Waals surface area contributed by atoms with Crippen molar-refractivity contribution in [3.05, 3.63) is 29.4 Å². The van der Waals surface area contributed by atoms with Crippen LogP contribution in [0.3, 0.4) is 0 Å². The number of rotatable bonds is 6. The number of para-hydroxylation sites is 1. The van der Waals surface area contributed by atoms with Crippen molar-refractivity contribution in [3.8, 4) is 10.6 Å². The molecule has 160 valence electrons. The summed E-state index contributed by atoms with van der Waals surface area (Å²) < 4.78 is 38.8. The number of anilines is 2. The van der Waals surface area contributed by atoms with Gasteiger partial charge in [0.25, 0.3) is 0 Å². The Kier molecular flexibility index (Phi) is 5.99. The normalized spacial score (nSPS) is 19.4. The van der Waals surface area contributed by atoms with E-state index in [-0.39, 0.29) is 29.7 Å². The van der Waals surface area contributed by atoms with Crippen molar-refractivity contribution in [2.24, 2.45) is 5.92 Å². The number of hydrogen-bond acceptors (Lipinski definition) is 7. The van der Waals surface area contributed by atoms with Crippen LogP contribution in [-0.2, 0) is 0 Å². The molecular weight excluding hydrogens is 439 g/mol. The fourth-order valence-electron chi connectivity index (χ4n) is 3.53. The van der Waals surface area contributed by atoms with E-state index in [1.165, 1.54) is 11.3 Å². The molecule has 30 heavy (non-hydrogen) atoms. The highest BCUT2D eigenvalue weighted by Crippen LogP contribution is 2.39. The molecule has 2 unspecified atom stereocenters. The van der Waals surface area contributed by atoms with Crippen LogP contribution in [0.15, 0.2) is 24.3 Å². The van der Waals surface area contributed by atoms with Crippen LogP contribution >= 0.6 is 22.9 Å². The molecule has 0 bridgehead atoms. The van der Waals surface area contributed by atoms with Gasteiger partial charge in [-0.2, -0.15) is 18.2 Å². The van der Waals surface area contributed by atoms with Crippen LogP contribution in [0.25, 0.3) is 20.8 Å². The minimum atomic E-state index is -4.41. The minimum absolute atomic E-state index is 0.0212. The predicted octanol–water partition coefficient (Wildman–Crippen LogP) is 4.95. The molecule has 0 spiro atoms. The topological polar surface area (TPSA) is 83.0 Å². The Bertz CT molecular complexity index is 1010. The van der Waals surface area contributed by atoms with Crippen molar-refractivity contribution in [3.63, 3.8) is 0 Å². The number of halogens is 4. The summed E-state index contributed by atoms with van der Waals surface area (Å²) in [4.78, 5) is 12.9. The Morgan fingerprint density at radius 2 is 1.97 bits per heavy atom. The van der Waals surface area contributed by atoms with Gasteiger partial charge >= 0.3 is 6.18 Å². The molecule has 1 fully saturated rings. The summed E-state index contributed by atoms with van der Waals surface area (Å²) in [5.41, 5.74) is 1.25. The SMILES string of the molecule is OCC1CCC(Nc2nc(NCC(F)(F)F)nc(Cl)c2-c2nc3ccccc3s2)C1. The lowest BCUT2D eigenvalue weighted by atomic mass is 10.1. The zero-order valence-corrected chi connectivity index (χ0v) is 17.3. The van der Waals surface area contributed by atoms with Crippen molar-refractivity contribution < 1.29 is 18.3 Å². The van der Waals surface area contributed by atoms with Gasteiger partial charge in [-0.3, -0.25) is 0 Å². The average molecular weight is 458 g/mol. The number of nitrogens with zero attached hydrogens (tertiary/aromatic N) is 3. The number of aliphatic hydroxyl groups excluding tert-OH is 1. The Balaban J connectivity index is 1.71. The first-order valence-corrected chi connectivity index (χ1v) is 10.6. The summed E-state index contributed by atoms with van der Waals surface area (Å²) in [6.07, 6.45) is -1.99. The molecule has 0 aliphatic heterocycles. The third-order valence-electron chi connectivity index (χ3n) is 4.96. The van der Waals surface area contributed by atoms with Crippen LogP contribution in [0, 0.1) is 5.92 Å². The Hall–Kier alpha value is -2.17. The lowest BCUT2D eigenvalue weighted by Gasteiger charge is -2.18. The second-order valence-corrected chi connectivity index (χ2v) is 8.61. The van der Waals surface area contributed by atoms with Crippen LogP contribution in [0.2, 0.25) is 5.15 Å². The standard InChI is InChI=1S/C19H19ClF3N5OS/c20-15-14(17-26-12-3-1-2-4-13(12)30-17)16(25-11-6-5-10(7-11)8-29)28-18(27-15)24-9-19(21,22)23/h1-4,10-11,29H,5-9H2,(H2,24,25,27,28). The Morgan fingerprint density at radius 3 is 2.67 bits per heavy atom. The number of alkyl halides is 3. The molecule has 1 aliphatic rings. The largest absolute Gasteiger partial charge is 0.405 e. The van der Waals surface area contributed by atoms with E-state index in [1.807, 2.05) is 24.3 Å².